The van der Waals surface area contributed by atoms with Gasteiger partial charge in [0.05, 0.1) is 18.2 Å². The number of rotatable bonds is 4. The van der Waals surface area contributed by atoms with Crippen LogP contribution in [0.1, 0.15) is 6.92 Å². The summed E-state index contributed by atoms with van der Waals surface area (Å²) in [7, 11) is 1.61. The fourth-order valence-corrected chi connectivity index (χ4v) is 2.53. The van der Waals surface area contributed by atoms with Gasteiger partial charge in [0.1, 0.15) is 22.9 Å². The Hall–Kier alpha value is -2.62. The van der Waals surface area contributed by atoms with Crippen molar-refractivity contribution in [2.45, 2.75) is 13.5 Å². The molecule has 0 saturated carbocycles. The van der Waals surface area contributed by atoms with Crippen molar-refractivity contribution in [1.82, 2.24) is 9.55 Å². The summed E-state index contributed by atoms with van der Waals surface area (Å²) in [4.78, 5) is 4.63. The van der Waals surface area contributed by atoms with Gasteiger partial charge in [0.15, 0.2) is 0 Å². The molecular weight excluding hydrogens is 279 g/mol. The number of allylic oxidation sites excluding steroid dienone is 2. The predicted octanol–water partition coefficient (Wildman–Crippen LogP) is 4.43. The average Bonchev–Trinajstić information content (AvgIpc) is 2.91. The highest BCUT2D eigenvalue weighted by Crippen LogP contribution is 2.31. The zero-order valence-corrected chi connectivity index (χ0v) is 12.6. The molecule has 0 bridgehead atoms. The van der Waals surface area contributed by atoms with E-state index in [-0.39, 0.29) is 5.82 Å². The Bertz CT molecular complexity index is 836. The second-order valence-electron chi connectivity index (χ2n) is 4.92. The zero-order chi connectivity index (χ0) is 15.5. The molecule has 2 aromatic carbocycles. The van der Waals surface area contributed by atoms with Crippen LogP contribution >= 0.6 is 0 Å². The quantitative estimate of drug-likeness (QED) is 0.666. The van der Waals surface area contributed by atoms with Gasteiger partial charge in [-0.1, -0.05) is 30.4 Å². The normalized spacial score (nSPS) is 11.4. The molecule has 0 N–H and O–H groups in total. The number of nitrogens with zero attached hydrogens (tertiary/aromatic N) is 2. The van der Waals surface area contributed by atoms with Gasteiger partial charge in [-0.3, -0.25) is 0 Å². The van der Waals surface area contributed by atoms with E-state index in [1.165, 1.54) is 6.07 Å². The number of halogens is 1. The van der Waals surface area contributed by atoms with Gasteiger partial charge >= 0.3 is 0 Å². The fraction of sp³-hybridized carbons (Fsp3) is 0.167. The number of imidazole rings is 1. The lowest BCUT2D eigenvalue weighted by Crippen LogP contribution is -1.99. The summed E-state index contributed by atoms with van der Waals surface area (Å²) >= 11 is 0. The predicted molar refractivity (Wildman–Crippen MR) is 86.5 cm³/mol. The summed E-state index contributed by atoms with van der Waals surface area (Å²) in [6, 6.07) is 12.4. The van der Waals surface area contributed by atoms with Crippen molar-refractivity contribution in [3.8, 4) is 17.1 Å². The molecule has 22 heavy (non-hydrogen) atoms. The summed E-state index contributed by atoms with van der Waals surface area (Å²) < 4.78 is 21.6. The van der Waals surface area contributed by atoms with Crippen molar-refractivity contribution in [1.29, 1.82) is 0 Å². The third-order valence-electron chi connectivity index (χ3n) is 3.60. The van der Waals surface area contributed by atoms with Gasteiger partial charge < -0.3 is 9.30 Å². The Balaban J connectivity index is 2.31. The number of fused-ring (bicyclic) bond motifs is 1. The number of hydrogen-bond acceptors (Lipinski definition) is 2. The van der Waals surface area contributed by atoms with Gasteiger partial charge in [-0.25, -0.2) is 9.37 Å². The highest BCUT2D eigenvalue weighted by molar-refractivity contribution is 5.86. The minimum atomic E-state index is -0.279. The molecule has 0 saturated heterocycles. The minimum absolute atomic E-state index is 0.279. The summed E-state index contributed by atoms with van der Waals surface area (Å²) in [5.41, 5.74) is 2.16. The molecule has 3 nitrogen and oxygen atoms in total. The topological polar surface area (TPSA) is 27.1 Å². The van der Waals surface area contributed by atoms with Crippen LogP contribution in [0.5, 0.6) is 5.75 Å². The van der Waals surface area contributed by atoms with Crippen molar-refractivity contribution >= 4 is 11.0 Å². The third kappa shape index (κ3) is 2.37. The first-order chi connectivity index (χ1) is 10.8. The maximum Gasteiger partial charge on any atom is 0.146 e. The molecule has 0 aliphatic heterocycles. The number of para-hydroxylation sites is 1. The molecule has 0 unspecified atom stereocenters. The lowest BCUT2D eigenvalue weighted by molar-refractivity contribution is 0.419. The Labute approximate surface area is 128 Å². The van der Waals surface area contributed by atoms with E-state index in [9.17, 15) is 4.39 Å². The summed E-state index contributed by atoms with van der Waals surface area (Å²) in [5.74, 6) is 1.02. The van der Waals surface area contributed by atoms with E-state index in [0.717, 1.165) is 11.0 Å². The average molecular weight is 296 g/mol. The molecule has 112 valence electrons. The maximum absolute atomic E-state index is 14.2. The van der Waals surface area contributed by atoms with Crippen LogP contribution in [0.4, 0.5) is 4.39 Å². The monoisotopic (exact) mass is 296 g/mol. The summed E-state index contributed by atoms with van der Waals surface area (Å²) in [6.07, 6.45) is 3.99. The molecule has 1 heterocycles. The standard InChI is InChI=1S/C18H17FN2O/c1-3-4-12-21-15-10-7-11-16(22-2)17(15)20-18(21)13-8-5-6-9-14(13)19/h3-11H,12H2,1-2H3. The van der Waals surface area contributed by atoms with Crippen LogP contribution in [0.25, 0.3) is 22.4 Å². The Kier molecular flexibility index (Phi) is 3.92. The molecule has 0 spiro atoms. The van der Waals surface area contributed by atoms with Gasteiger partial charge in [-0.2, -0.15) is 0 Å². The van der Waals surface area contributed by atoms with E-state index in [4.69, 9.17) is 4.74 Å². The van der Waals surface area contributed by atoms with Crippen LogP contribution in [-0.4, -0.2) is 16.7 Å². The minimum Gasteiger partial charge on any atom is -0.494 e. The smallest absolute Gasteiger partial charge is 0.146 e. The highest BCUT2D eigenvalue weighted by atomic mass is 19.1. The molecular formula is C18H17FN2O. The lowest BCUT2D eigenvalue weighted by atomic mass is 10.2. The molecule has 3 rings (SSSR count). The molecule has 0 radical (unpaired) electrons. The Morgan fingerprint density at radius 1 is 1.18 bits per heavy atom. The number of aromatic nitrogens is 2. The SMILES string of the molecule is CC=CCn1c(-c2ccccc2F)nc2c(OC)cccc21. The number of methoxy groups -OCH3 is 1. The largest absolute Gasteiger partial charge is 0.494 e. The molecule has 3 aromatic rings. The highest BCUT2D eigenvalue weighted by Gasteiger charge is 2.17. The van der Waals surface area contributed by atoms with E-state index in [1.54, 1.807) is 19.2 Å². The second kappa shape index (κ2) is 6.02. The molecule has 1 aromatic heterocycles. The number of ether oxygens (including phenoxy) is 1. The number of hydrogen-bond donors (Lipinski definition) is 0. The first-order valence-electron chi connectivity index (χ1n) is 7.15. The fourth-order valence-electron chi connectivity index (χ4n) is 2.53. The van der Waals surface area contributed by atoms with Crippen molar-refractivity contribution < 1.29 is 9.13 Å². The van der Waals surface area contributed by atoms with Gasteiger partial charge in [0.2, 0.25) is 0 Å². The van der Waals surface area contributed by atoms with E-state index in [1.807, 2.05) is 47.9 Å². The van der Waals surface area contributed by atoms with Crippen LogP contribution < -0.4 is 4.74 Å². The van der Waals surface area contributed by atoms with Gasteiger partial charge in [0, 0.05) is 6.54 Å². The first-order valence-corrected chi connectivity index (χ1v) is 7.15. The van der Waals surface area contributed by atoms with Crippen molar-refractivity contribution in [2.75, 3.05) is 7.11 Å². The van der Waals surface area contributed by atoms with E-state index in [2.05, 4.69) is 4.98 Å². The summed E-state index contributed by atoms with van der Waals surface area (Å²) in [6.45, 7) is 2.59. The lowest BCUT2D eigenvalue weighted by Gasteiger charge is -2.07. The van der Waals surface area contributed by atoms with E-state index >= 15 is 0 Å². The zero-order valence-electron chi connectivity index (χ0n) is 12.6. The van der Waals surface area contributed by atoms with E-state index in [0.29, 0.717) is 23.7 Å². The maximum atomic E-state index is 14.2. The molecule has 0 atom stereocenters. The van der Waals surface area contributed by atoms with Crippen molar-refractivity contribution in [3.63, 3.8) is 0 Å². The third-order valence-corrected chi connectivity index (χ3v) is 3.60. The van der Waals surface area contributed by atoms with Crippen LogP contribution in [0.15, 0.2) is 54.6 Å². The molecule has 0 fully saturated rings. The molecule has 4 heteroatoms. The second-order valence-corrected chi connectivity index (χ2v) is 4.92. The number of benzene rings is 2. The van der Waals surface area contributed by atoms with Gasteiger partial charge in [-0.05, 0) is 31.2 Å². The van der Waals surface area contributed by atoms with E-state index < -0.39 is 0 Å². The van der Waals surface area contributed by atoms with Gasteiger partial charge in [-0.15, -0.1) is 0 Å². The van der Waals surface area contributed by atoms with Crippen LogP contribution in [0.3, 0.4) is 0 Å². The van der Waals surface area contributed by atoms with Crippen LogP contribution in [-0.2, 0) is 6.54 Å². The van der Waals surface area contributed by atoms with Gasteiger partial charge in [0.25, 0.3) is 0 Å². The van der Waals surface area contributed by atoms with Crippen LogP contribution in [0.2, 0.25) is 0 Å². The summed E-state index contributed by atoms with van der Waals surface area (Å²) in [5, 5.41) is 0. The van der Waals surface area contributed by atoms with Crippen molar-refractivity contribution in [2.24, 2.45) is 0 Å². The molecule has 0 aliphatic rings. The molecule has 0 aliphatic carbocycles. The first kappa shape index (κ1) is 14.3. The van der Waals surface area contributed by atoms with Crippen LogP contribution in [0, 0.1) is 5.82 Å². The Morgan fingerprint density at radius 2 is 2.00 bits per heavy atom. The Morgan fingerprint density at radius 3 is 2.73 bits per heavy atom. The molecule has 0 amide bonds. The van der Waals surface area contributed by atoms with Crippen molar-refractivity contribution in [3.05, 3.63) is 60.4 Å².